The van der Waals surface area contributed by atoms with Crippen molar-refractivity contribution in [1.82, 2.24) is 4.98 Å². The van der Waals surface area contributed by atoms with Gasteiger partial charge in [-0.25, -0.2) is 0 Å². The highest BCUT2D eigenvalue weighted by Gasteiger charge is 2.09. The van der Waals surface area contributed by atoms with E-state index in [2.05, 4.69) is 10.1 Å². The molecule has 0 N–H and O–H groups in total. The van der Waals surface area contributed by atoms with Crippen LogP contribution in [0.1, 0.15) is 12.1 Å². The molecule has 0 atom stereocenters. The fourth-order valence-electron chi connectivity index (χ4n) is 1.02. The Morgan fingerprint density at radius 2 is 2.38 bits per heavy atom. The summed E-state index contributed by atoms with van der Waals surface area (Å²) < 4.78 is 5.39. The molecule has 2 rings (SSSR count). The first-order chi connectivity index (χ1) is 6.34. The zero-order valence-electron chi connectivity index (χ0n) is 7.36. The van der Waals surface area contributed by atoms with Gasteiger partial charge >= 0.3 is 0 Å². The van der Waals surface area contributed by atoms with Crippen LogP contribution in [0.25, 0.3) is 0 Å². The Labute approximate surface area is 76.2 Å². The molecule has 0 aromatic carbocycles. The first-order valence-electron chi connectivity index (χ1n) is 4.14. The molecule has 0 spiro atoms. The van der Waals surface area contributed by atoms with Crippen molar-refractivity contribution < 1.29 is 9.57 Å². The predicted molar refractivity (Wildman–Crippen MR) is 47.6 cm³/mol. The second kappa shape index (κ2) is 3.43. The average Bonchev–Trinajstić information content (AvgIpc) is 2.62. The van der Waals surface area contributed by atoms with E-state index in [9.17, 15) is 0 Å². The average molecular weight is 178 g/mol. The summed E-state index contributed by atoms with van der Waals surface area (Å²) >= 11 is 0. The summed E-state index contributed by atoms with van der Waals surface area (Å²) in [7, 11) is 0. The normalized spacial score (nSPS) is 15.0. The van der Waals surface area contributed by atoms with E-state index in [0.717, 1.165) is 12.1 Å². The number of aromatic nitrogens is 1. The third-order valence-corrected chi connectivity index (χ3v) is 1.69. The van der Waals surface area contributed by atoms with E-state index < -0.39 is 0 Å². The molecule has 0 unspecified atom stereocenters. The lowest BCUT2D eigenvalue weighted by Gasteiger charge is -2.01. The molecule has 1 aromatic rings. The zero-order valence-corrected chi connectivity index (χ0v) is 7.36. The van der Waals surface area contributed by atoms with Crippen LogP contribution in [-0.4, -0.2) is 17.5 Å². The standard InChI is InChI=1S/C9H10N2O2/c1-7-2-3-8(6-10-7)13-9-4-5-12-11-9/h2-3,6H,4-5H2,1H3. The third kappa shape index (κ3) is 1.96. The van der Waals surface area contributed by atoms with Gasteiger partial charge in [-0.15, -0.1) is 0 Å². The summed E-state index contributed by atoms with van der Waals surface area (Å²) in [4.78, 5) is 8.90. The fourth-order valence-corrected chi connectivity index (χ4v) is 1.02. The van der Waals surface area contributed by atoms with Crippen LogP contribution in [-0.2, 0) is 4.84 Å². The second-order valence-corrected chi connectivity index (χ2v) is 2.81. The van der Waals surface area contributed by atoms with Crippen molar-refractivity contribution in [2.75, 3.05) is 6.61 Å². The van der Waals surface area contributed by atoms with Crippen molar-refractivity contribution in [3.8, 4) is 5.75 Å². The molecule has 0 radical (unpaired) electrons. The molecule has 1 aliphatic heterocycles. The molecular formula is C9H10N2O2. The number of hydrogen-bond acceptors (Lipinski definition) is 4. The van der Waals surface area contributed by atoms with Crippen LogP contribution >= 0.6 is 0 Å². The molecule has 68 valence electrons. The molecule has 2 heterocycles. The van der Waals surface area contributed by atoms with Crippen molar-refractivity contribution in [3.05, 3.63) is 24.0 Å². The summed E-state index contributed by atoms with van der Waals surface area (Å²) in [6.07, 6.45) is 2.41. The maximum absolute atomic E-state index is 5.39. The van der Waals surface area contributed by atoms with Crippen LogP contribution in [0.3, 0.4) is 0 Å². The van der Waals surface area contributed by atoms with Crippen molar-refractivity contribution >= 4 is 5.90 Å². The largest absolute Gasteiger partial charge is 0.438 e. The minimum absolute atomic E-state index is 0.606. The fraction of sp³-hybridized carbons (Fsp3) is 0.333. The van der Waals surface area contributed by atoms with E-state index >= 15 is 0 Å². The van der Waals surface area contributed by atoms with E-state index in [0.29, 0.717) is 18.3 Å². The first kappa shape index (κ1) is 8.04. The molecule has 1 aliphatic rings. The Kier molecular flexibility index (Phi) is 2.12. The molecular weight excluding hydrogens is 168 g/mol. The van der Waals surface area contributed by atoms with Gasteiger partial charge in [-0.1, -0.05) is 5.16 Å². The van der Waals surface area contributed by atoms with Crippen molar-refractivity contribution in [2.45, 2.75) is 13.3 Å². The van der Waals surface area contributed by atoms with Gasteiger partial charge in [0, 0.05) is 5.69 Å². The van der Waals surface area contributed by atoms with Gasteiger partial charge in [-0.3, -0.25) is 4.98 Å². The van der Waals surface area contributed by atoms with Crippen molar-refractivity contribution in [1.29, 1.82) is 0 Å². The first-order valence-corrected chi connectivity index (χ1v) is 4.14. The lowest BCUT2D eigenvalue weighted by atomic mass is 10.4. The van der Waals surface area contributed by atoms with Crippen LogP contribution in [0.15, 0.2) is 23.5 Å². The number of ether oxygens (including phenoxy) is 1. The minimum Gasteiger partial charge on any atom is -0.438 e. The Morgan fingerprint density at radius 1 is 1.46 bits per heavy atom. The molecule has 1 aromatic heterocycles. The van der Waals surface area contributed by atoms with E-state index in [1.807, 2.05) is 19.1 Å². The number of rotatable bonds is 1. The van der Waals surface area contributed by atoms with Gasteiger partial charge in [-0.05, 0) is 19.1 Å². The lowest BCUT2D eigenvalue weighted by Crippen LogP contribution is -2.05. The van der Waals surface area contributed by atoms with Crippen LogP contribution in [0, 0.1) is 6.92 Å². The molecule has 4 heteroatoms. The molecule has 4 nitrogen and oxygen atoms in total. The van der Waals surface area contributed by atoms with Gasteiger partial charge in [0.05, 0.1) is 12.6 Å². The van der Waals surface area contributed by atoms with Crippen LogP contribution in [0.4, 0.5) is 0 Å². The predicted octanol–water partition coefficient (Wildman–Crippen LogP) is 1.50. The second-order valence-electron chi connectivity index (χ2n) is 2.81. The van der Waals surface area contributed by atoms with Gasteiger partial charge in [0.15, 0.2) is 0 Å². The van der Waals surface area contributed by atoms with E-state index in [1.165, 1.54) is 0 Å². The molecule has 0 amide bonds. The maximum atomic E-state index is 5.39. The highest BCUT2D eigenvalue weighted by molar-refractivity contribution is 5.78. The SMILES string of the molecule is Cc1ccc(OC2=NOCC2)cn1. The molecule has 0 saturated carbocycles. The monoisotopic (exact) mass is 178 g/mol. The Bertz CT molecular complexity index is 319. The summed E-state index contributed by atoms with van der Waals surface area (Å²) in [6, 6.07) is 3.76. The van der Waals surface area contributed by atoms with Crippen molar-refractivity contribution in [2.24, 2.45) is 5.16 Å². The zero-order chi connectivity index (χ0) is 9.10. The number of aryl methyl sites for hydroxylation is 1. The summed E-state index contributed by atoms with van der Waals surface area (Å²) in [5, 5.41) is 3.72. The lowest BCUT2D eigenvalue weighted by molar-refractivity contribution is 0.173. The molecule has 0 saturated heterocycles. The van der Waals surface area contributed by atoms with Gasteiger partial charge in [0.2, 0.25) is 5.90 Å². The Morgan fingerprint density at radius 3 is 3.00 bits per heavy atom. The van der Waals surface area contributed by atoms with Crippen LogP contribution < -0.4 is 4.74 Å². The highest BCUT2D eigenvalue weighted by Crippen LogP contribution is 2.11. The van der Waals surface area contributed by atoms with E-state index in [-0.39, 0.29) is 0 Å². The van der Waals surface area contributed by atoms with Gasteiger partial charge < -0.3 is 9.57 Å². The van der Waals surface area contributed by atoms with E-state index in [1.54, 1.807) is 6.20 Å². The molecule has 0 bridgehead atoms. The number of oxime groups is 1. The van der Waals surface area contributed by atoms with E-state index in [4.69, 9.17) is 9.57 Å². The maximum Gasteiger partial charge on any atom is 0.234 e. The summed E-state index contributed by atoms with van der Waals surface area (Å²) in [5.41, 5.74) is 0.969. The number of pyridine rings is 1. The quantitative estimate of drug-likeness (QED) is 0.654. The smallest absolute Gasteiger partial charge is 0.234 e. The third-order valence-electron chi connectivity index (χ3n) is 1.69. The van der Waals surface area contributed by atoms with Gasteiger partial charge in [-0.2, -0.15) is 0 Å². The van der Waals surface area contributed by atoms with Gasteiger partial charge in [0.1, 0.15) is 12.4 Å². The van der Waals surface area contributed by atoms with Crippen molar-refractivity contribution in [3.63, 3.8) is 0 Å². The number of nitrogens with zero attached hydrogens (tertiary/aromatic N) is 2. The highest BCUT2D eigenvalue weighted by atomic mass is 16.7. The topological polar surface area (TPSA) is 43.7 Å². The molecule has 0 fully saturated rings. The molecule has 0 aliphatic carbocycles. The van der Waals surface area contributed by atoms with Gasteiger partial charge in [0.25, 0.3) is 0 Å². The Hall–Kier alpha value is -1.58. The van der Waals surface area contributed by atoms with Crippen LogP contribution in [0.5, 0.6) is 5.75 Å². The Balaban J connectivity index is 2.05. The minimum atomic E-state index is 0.606. The molecule has 13 heavy (non-hydrogen) atoms. The summed E-state index contributed by atoms with van der Waals surface area (Å²) in [6.45, 7) is 2.54. The van der Waals surface area contributed by atoms with Crippen LogP contribution in [0.2, 0.25) is 0 Å². The number of hydrogen-bond donors (Lipinski definition) is 0. The summed E-state index contributed by atoms with van der Waals surface area (Å²) in [5.74, 6) is 1.32.